The molecular formula is C16H17ClN6. The van der Waals surface area contributed by atoms with E-state index in [1.165, 1.54) is 19.3 Å². The van der Waals surface area contributed by atoms with Crippen LogP contribution in [0, 0.1) is 0 Å². The maximum atomic E-state index is 6.20. The summed E-state index contributed by atoms with van der Waals surface area (Å²) in [6, 6.07) is 2.18. The number of fused-ring (bicyclic) bond motifs is 1. The van der Waals surface area contributed by atoms with Gasteiger partial charge in [0.1, 0.15) is 10.7 Å². The van der Waals surface area contributed by atoms with Crippen LogP contribution in [0.4, 0.5) is 5.95 Å². The number of H-pyrrole nitrogens is 1. The highest BCUT2D eigenvalue weighted by Gasteiger charge is 2.16. The summed E-state index contributed by atoms with van der Waals surface area (Å²) in [6.07, 6.45) is 11.3. The summed E-state index contributed by atoms with van der Waals surface area (Å²) in [4.78, 5) is 20.7. The SMILES string of the molecule is Clc1cc(-c2c[nH]c3nccnc23)nc(NC2CCCCC2)n1. The molecule has 0 unspecified atom stereocenters. The Hall–Kier alpha value is -2.21. The molecule has 3 heterocycles. The van der Waals surface area contributed by atoms with Crippen molar-refractivity contribution in [2.75, 3.05) is 5.32 Å². The zero-order valence-corrected chi connectivity index (χ0v) is 13.3. The molecule has 7 heteroatoms. The summed E-state index contributed by atoms with van der Waals surface area (Å²) in [7, 11) is 0. The second-order valence-corrected chi connectivity index (χ2v) is 6.22. The molecule has 1 aliphatic rings. The molecule has 0 aliphatic heterocycles. The standard InChI is InChI=1S/C16H17ClN6/c17-13-8-12(11-9-20-15-14(11)18-6-7-19-15)22-16(23-13)21-10-4-2-1-3-5-10/h6-10H,1-5H2,(H,19,20)(H,21,22,23). The van der Waals surface area contributed by atoms with Crippen LogP contribution in [-0.2, 0) is 0 Å². The minimum Gasteiger partial charge on any atom is -0.351 e. The van der Waals surface area contributed by atoms with Crippen LogP contribution in [0.3, 0.4) is 0 Å². The number of hydrogen-bond donors (Lipinski definition) is 2. The van der Waals surface area contributed by atoms with Gasteiger partial charge in [-0.05, 0) is 12.8 Å². The van der Waals surface area contributed by atoms with Gasteiger partial charge in [-0.25, -0.2) is 15.0 Å². The number of nitrogens with one attached hydrogen (secondary N) is 2. The van der Waals surface area contributed by atoms with Crippen molar-refractivity contribution in [1.29, 1.82) is 0 Å². The molecule has 0 radical (unpaired) electrons. The van der Waals surface area contributed by atoms with Crippen LogP contribution in [0.1, 0.15) is 32.1 Å². The number of nitrogens with zero attached hydrogens (tertiary/aromatic N) is 4. The van der Waals surface area contributed by atoms with Crippen LogP contribution in [0.2, 0.25) is 5.15 Å². The maximum Gasteiger partial charge on any atom is 0.224 e. The number of aromatic amines is 1. The monoisotopic (exact) mass is 328 g/mol. The van der Waals surface area contributed by atoms with Gasteiger partial charge in [0.05, 0.1) is 5.69 Å². The lowest BCUT2D eigenvalue weighted by Crippen LogP contribution is -2.23. The Morgan fingerprint density at radius 1 is 1.09 bits per heavy atom. The van der Waals surface area contributed by atoms with Crippen LogP contribution in [-0.4, -0.2) is 31.0 Å². The minimum atomic E-state index is 0.423. The predicted molar refractivity (Wildman–Crippen MR) is 90.4 cm³/mol. The third-order valence-corrected chi connectivity index (χ3v) is 4.41. The van der Waals surface area contributed by atoms with Crippen molar-refractivity contribution in [2.45, 2.75) is 38.1 Å². The van der Waals surface area contributed by atoms with E-state index in [9.17, 15) is 0 Å². The van der Waals surface area contributed by atoms with E-state index in [1.54, 1.807) is 18.5 Å². The number of anilines is 1. The lowest BCUT2D eigenvalue weighted by atomic mass is 9.96. The molecule has 0 spiro atoms. The molecule has 1 fully saturated rings. The van der Waals surface area contributed by atoms with Crippen LogP contribution < -0.4 is 5.32 Å². The Morgan fingerprint density at radius 2 is 1.91 bits per heavy atom. The molecule has 3 aromatic heterocycles. The molecule has 0 saturated heterocycles. The van der Waals surface area contributed by atoms with Gasteiger partial charge in [0.2, 0.25) is 5.95 Å². The second-order valence-electron chi connectivity index (χ2n) is 5.83. The Labute approximate surface area is 138 Å². The maximum absolute atomic E-state index is 6.20. The molecule has 1 saturated carbocycles. The molecule has 3 aromatic rings. The molecule has 0 amide bonds. The molecule has 0 aromatic carbocycles. The average molecular weight is 329 g/mol. The predicted octanol–water partition coefficient (Wildman–Crippen LogP) is 3.81. The van der Waals surface area contributed by atoms with Crippen molar-refractivity contribution >= 4 is 28.7 Å². The summed E-state index contributed by atoms with van der Waals surface area (Å²) >= 11 is 6.20. The van der Waals surface area contributed by atoms with Crippen molar-refractivity contribution in [3.63, 3.8) is 0 Å². The van der Waals surface area contributed by atoms with Crippen LogP contribution in [0.25, 0.3) is 22.4 Å². The Balaban J connectivity index is 1.68. The fraction of sp³-hybridized carbons (Fsp3) is 0.375. The molecule has 6 nitrogen and oxygen atoms in total. The van der Waals surface area contributed by atoms with E-state index in [1.807, 2.05) is 6.20 Å². The van der Waals surface area contributed by atoms with Crippen LogP contribution in [0.15, 0.2) is 24.7 Å². The zero-order valence-electron chi connectivity index (χ0n) is 12.6. The topological polar surface area (TPSA) is 79.4 Å². The normalized spacial score (nSPS) is 15.9. The molecule has 1 aliphatic carbocycles. The molecular weight excluding hydrogens is 312 g/mol. The van der Waals surface area contributed by atoms with Gasteiger partial charge < -0.3 is 10.3 Å². The number of halogens is 1. The lowest BCUT2D eigenvalue weighted by molar-refractivity contribution is 0.461. The van der Waals surface area contributed by atoms with Gasteiger partial charge >= 0.3 is 0 Å². The van der Waals surface area contributed by atoms with E-state index < -0.39 is 0 Å². The summed E-state index contributed by atoms with van der Waals surface area (Å²) in [5.74, 6) is 0.581. The van der Waals surface area contributed by atoms with Crippen molar-refractivity contribution in [2.24, 2.45) is 0 Å². The van der Waals surface area contributed by atoms with Gasteiger partial charge in [0.15, 0.2) is 5.65 Å². The van der Waals surface area contributed by atoms with Crippen molar-refractivity contribution in [3.05, 3.63) is 29.8 Å². The first-order chi connectivity index (χ1) is 11.3. The summed E-state index contributed by atoms with van der Waals surface area (Å²) < 4.78 is 0. The summed E-state index contributed by atoms with van der Waals surface area (Å²) in [5, 5.41) is 3.84. The highest BCUT2D eigenvalue weighted by Crippen LogP contribution is 2.28. The Morgan fingerprint density at radius 3 is 2.78 bits per heavy atom. The highest BCUT2D eigenvalue weighted by molar-refractivity contribution is 6.29. The molecule has 0 bridgehead atoms. The third kappa shape index (κ3) is 2.99. The third-order valence-electron chi connectivity index (χ3n) is 4.22. The van der Waals surface area contributed by atoms with Crippen molar-refractivity contribution in [1.82, 2.24) is 24.9 Å². The van der Waals surface area contributed by atoms with E-state index in [0.29, 0.717) is 17.1 Å². The first kappa shape index (κ1) is 14.4. The van der Waals surface area contributed by atoms with E-state index in [2.05, 4.69) is 30.2 Å². The number of hydrogen-bond acceptors (Lipinski definition) is 5. The highest BCUT2D eigenvalue weighted by atomic mass is 35.5. The second kappa shape index (κ2) is 6.12. The summed E-state index contributed by atoms with van der Waals surface area (Å²) in [6.45, 7) is 0. The smallest absolute Gasteiger partial charge is 0.224 e. The van der Waals surface area contributed by atoms with E-state index >= 15 is 0 Å². The van der Waals surface area contributed by atoms with Crippen LogP contribution >= 0.6 is 11.6 Å². The van der Waals surface area contributed by atoms with Gasteiger partial charge in [-0.3, -0.25) is 4.98 Å². The summed E-state index contributed by atoms with van der Waals surface area (Å²) in [5.41, 5.74) is 3.14. The van der Waals surface area contributed by atoms with Gasteiger partial charge in [-0.1, -0.05) is 30.9 Å². The molecule has 118 valence electrons. The lowest BCUT2D eigenvalue weighted by Gasteiger charge is -2.22. The van der Waals surface area contributed by atoms with Crippen molar-refractivity contribution < 1.29 is 0 Å². The molecule has 0 atom stereocenters. The van der Waals surface area contributed by atoms with Gasteiger partial charge in [-0.2, -0.15) is 0 Å². The van der Waals surface area contributed by atoms with Gasteiger partial charge in [0, 0.05) is 36.3 Å². The molecule has 2 N–H and O–H groups in total. The quantitative estimate of drug-likeness (QED) is 0.715. The average Bonchev–Trinajstić information content (AvgIpc) is 2.99. The Bertz CT molecular complexity index is 824. The van der Waals surface area contributed by atoms with Gasteiger partial charge in [0.25, 0.3) is 0 Å². The van der Waals surface area contributed by atoms with E-state index in [0.717, 1.165) is 35.3 Å². The van der Waals surface area contributed by atoms with Crippen molar-refractivity contribution in [3.8, 4) is 11.3 Å². The minimum absolute atomic E-state index is 0.423. The first-order valence-corrected chi connectivity index (χ1v) is 8.27. The Kier molecular flexibility index (Phi) is 3.83. The largest absolute Gasteiger partial charge is 0.351 e. The van der Waals surface area contributed by atoms with E-state index in [-0.39, 0.29) is 0 Å². The van der Waals surface area contributed by atoms with Crippen LogP contribution in [0.5, 0.6) is 0 Å². The number of aromatic nitrogens is 5. The molecule has 4 rings (SSSR count). The molecule has 23 heavy (non-hydrogen) atoms. The fourth-order valence-electron chi connectivity index (χ4n) is 3.09. The fourth-order valence-corrected chi connectivity index (χ4v) is 3.28. The van der Waals surface area contributed by atoms with Gasteiger partial charge in [-0.15, -0.1) is 0 Å². The number of rotatable bonds is 3. The van der Waals surface area contributed by atoms with E-state index in [4.69, 9.17) is 11.6 Å². The first-order valence-electron chi connectivity index (χ1n) is 7.89. The zero-order chi connectivity index (χ0) is 15.6.